The number of carbonyl (C=O) groups excluding carboxylic acids is 2. The summed E-state index contributed by atoms with van der Waals surface area (Å²) in [5, 5.41) is 0. The van der Waals surface area contributed by atoms with Gasteiger partial charge in [0.2, 0.25) is 0 Å². The highest BCUT2D eigenvalue weighted by Crippen LogP contribution is 2.16. The lowest BCUT2D eigenvalue weighted by atomic mass is 9.99. The molecule has 0 saturated carbocycles. The van der Waals surface area contributed by atoms with Crippen LogP contribution in [0.3, 0.4) is 0 Å². The average Bonchev–Trinajstić information content (AvgIpc) is 2.65. The lowest BCUT2D eigenvalue weighted by molar-refractivity contribution is -0.145. The molecule has 0 aliphatic carbocycles. The third kappa shape index (κ3) is 21.6. The Hall–Kier alpha value is -1.06. The van der Waals surface area contributed by atoms with Crippen molar-refractivity contribution in [2.75, 3.05) is 13.2 Å². The third-order valence-electron chi connectivity index (χ3n) is 5.51. The molecule has 0 radical (unpaired) electrons. The van der Waals surface area contributed by atoms with Crippen LogP contribution in [0.25, 0.3) is 0 Å². The summed E-state index contributed by atoms with van der Waals surface area (Å²) < 4.78 is 10.5. The lowest BCUT2D eigenvalue weighted by Gasteiger charge is -2.11. The van der Waals surface area contributed by atoms with Crippen molar-refractivity contribution in [3.05, 3.63) is 0 Å². The zero-order valence-electron chi connectivity index (χ0n) is 20.7. The minimum atomic E-state index is -0.0352. The Bertz CT molecular complexity index is 417. The second-order valence-electron chi connectivity index (χ2n) is 9.84. The number of esters is 2. The van der Waals surface area contributed by atoms with Crippen LogP contribution >= 0.6 is 0 Å². The van der Waals surface area contributed by atoms with E-state index >= 15 is 0 Å². The van der Waals surface area contributed by atoms with Crippen molar-refractivity contribution in [3.8, 4) is 0 Å². The standard InChI is InChI=1S/C26H50O4/c1-22(2)17-19-29-25(27)16-14-12-10-8-6-7-9-11-13-15-24(5)21-26(28)30-20-18-23(3)4/h22-24H,6-21H2,1-5H3. The summed E-state index contributed by atoms with van der Waals surface area (Å²) in [6.07, 6.45) is 15.1. The van der Waals surface area contributed by atoms with E-state index in [1.54, 1.807) is 0 Å². The highest BCUT2D eigenvalue weighted by Gasteiger charge is 2.10. The van der Waals surface area contributed by atoms with E-state index in [0.717, 1.165) is 32.1 Å². The maximum atomic E-state index is 11.8. The smallest absolute Gasteiger partial charge is 0.306 e. The molecule has 4 nitrogen and oxygen atoms in total. The Kier molecular flexibility index (Phi) is 19.2. The largest absolute Gasteiger partial charge is 0.466 e. The minimum absolute atomic E-state index is 0.0336. The van der Waals surface area contributed by atoms with Crippen molar-refractivity contribution >= 4 is 11.9 Å². The Labute approximate surface area is 186 Å². The van der Waals surface area contributed by atoms with Crippen molar-refractivity contribution in [1.82, 2.24) is 0 Å². The first kappa shape index (κ1) is 28.9. The van der Waals surface area contributed by atoms with Gasteiger partial charge >= 0.3 is 11.9 Å². The van der Waals surface area contributed by atoms with Gasteiger partial charge in [-0.2, -0.15) is 0 Å². The van der Waals surface area contributed by atoms with Crippen molar-refractivity contribution in [2.45, 2.75) is 125 Å². The molecule has 178 valence electrons. The molecule has 0 fully saturated rings. The van der Waals surface area contributed by atoms with Gasteiger partial charge in [0, 0.05) is 12.8 Å². The van der Waals surface area contributed by atoms with Gasteiger partial charge < -0.3 is 9.47 Å². The molecule has 0 aliphatic rings. The highest BCUT2D eigenvalue weighted by atomic mass is 16.5. The summed E-state index contributed by atoms with van der Waals surface area (Å²) in [6, 6.07) is 0. The van der Waals surface area contributed by atoms with E-state index in [2.05, 4.69) is 34.6 Å². The fourth-order valence-electron chi connectivity index (χ4n) is 3.33. The number of ether oxygens (including phenoxy) is 2. The number of hydrogen-bond donors (Lipinski definition) is 0. The maximum absolute atomic E-state index is 11.8. The predicted octanol–water partition coefficient (Wildman–Crippen LogP) is 7.48. The molecule has 0 saturated heterocycles. The number of carbonyl (C=O) groups is 2. The van der Waals surface area contributed by atoms with Crippen LogP contribution in [0.5, 0.6) is 0 Å². The van der Waals surface area contributed by atoms with Crippen molar-refractivity contribution in [3.63, 3.8) is 0 Å². The van der Waals surface area contributed by atoms with Crippen LogP contribution in [-0.4, -0.2) is 25.2 Å². The Morgan fingerprint density at radius 3 is 1.50 bits per heavy atom. The molecule has 0 rings (SSSR count). The molecule has 0 aromatic carbocycles. The van der Waals surface area contributed by atoms with Crippen LogP contribution in [0, 0.1) is 17.8 Å². The van der Waals surface area contributed by atoms with Gasteiger partial charge in [-0.25, -0.2) is 0 Å². The van der Waals surface area contributed by atoms with Gasteiger partial charge in [0.05, 0.1) is 13.2 Å². The Morgan fingerprint density at radius 2 is 1.00 bits per heavy atom. The minimum Gasteiger partial charge on any atom is -0.466 e. The molecular weight excluding hydrogens is 376 g/mol. The van der Waals surface area contributed by atoms with Crippen molar-refractivity contribution in [1.29, 1.82) is 0 Å². The molecule has 1 atom stereocenters. The monoisotopic (exact) mass is 426 g/mol. The normalized spacial score (nSPS) is 12.4. The molecular formula is C26H50O4. The number of unbranched alkanes of at least 4 members (excludes halogenated alkanes) is 8. The Morgan fingerprint density at radius 1 is 0.567 bits per heavy atom. The fourth-order valence-corrected chi connectivity index (χ4v) is 3.33. The van der Waals surface area contributed by atoms with E-state index in [4.69, 9.17) is 9.47 Å². The summed E-state index contributed by atoms with van der Waals surface area (Å²) in [6.45, 7) is 11.9. The fraction of sp³-hybridized carbons (Fsp3) is 0.923. The summed E-state index contributed by atoms with van der Waals surface area (Å²) in [5.41, 5.74) is 0. The van der Waals surface area contributed by atoms with Crippen LogP contribution in [0.4, 0.5) is 0 Å². The van der Waals surface area contributed by atoms with Gasteiger partial charge in [-0.15, -0.1) is 0 Å². The second-order valence-corrected chi connectivity index (χ2v) is 9.84. The summed E-state index contributed by atoms with van der Waals surface area (Å²) >= 11 is 0. The first-order valence-electron chi connectivity index (χ1n) is 12.6. The summed E-state index contributed by atoms with van der Waals surface area (Å²) in [4.78, 5) is 23.4. The molecule has 4 heteroatoms. The van der Waals surface area contributed by atoms with Crippen molar-refractivity contribution < 1.29 is 19.1 Å². The number of rotatable bonds is 20. The average molecular weight is 427 g/mol. The zero-order valence-corrected chi connectivity index (χ0v) is 20.7. The van der Waals surface area contributed by atoms with Crippen LogP contribution < -0.4 is 0 Å². The van der Waals surface area contributed by atoms with Gasteiger partial charge in [0.25, 0.3) is 0 Å². The molecule has 0 aromatic heterocycles. The van der Waals surface area contributed by atoms with E-state index in [1.165, 1.54) is 44.9 Å². The first-order valence-corrected chi connectivity index (χ1v) is 12.6. The van der Waals surface area contributed by atoms with Gasteiger partial charge in [0.15, 0.2) is 0 Å². The molecule has 0 N–H and O–H groups in total. The SMILES string of the molecule is CC(C)CCOC(=O)CCCCCCCCCCCC(C)CC(=O)OCCC(C)C. The van der Waals surface area contributed by atoms with E-state index in [9.17, 15) is 9.59 Å². The van der Waals surface area contributed by atoms with Crippen molar-refractivity contribution in [2.24, 2.45) is 17.8 Å². The molecule has 0 amide bonds. The molecule has 30 heavy (non-hydrogen) atoms. The molecule has 0 bridgehead atoms. The van der Waals surface area contributed by atoms with Crippen LogP contribution in [-0.2, 0) is 19.1 Å². The second kappa shape index (κ2) is 19.9. The van der Waals surface area contributed by atoms with Gasteiger partial charge in [-0.1, -0.05) is 92.4 Å². The lowest BCUT2D eigenvalue weighted by Crippen LogP contribution is -2.11. The van der Waals surface area contributed by atoms with E-state index in [1.807, 2.05) is 0 Å². The third-order valence-corrected chi connectivity index (χ3v) is 5.51. The predicted molar refractivity (Wildman–Crippen MR) is 125 cm³/mol. The first-order chi connectivity index (χ1) is 14.3. The zero-order chi connectivity index (χ0) is 22.6. The molecule has 0 aliphatic heterocycles. The van der Waals surface area contributed by atoms with Crippen LogP contribution in [0.2, 0.25) is 0 Å². The topological polar surface area (TPSA) is 52.6 Å². The van der Waals surface area contributed by atoms with E-state index in [0.29, 0.717) is 43.8 Å². The van der Waals surface area contributed by atoms with Gasteiger partial charge in [-0.05, 0) is 37.0 Å². The molecule has 0 spiro atoms. The van der Waals surface area contributed by atoms with E-state index < -0.39 is 0 Å². The number of hydrogen-bond acceptors (Lipinski definition) is 4. The highest BCUT2D eigenvalue weighted by molar-refractivity contribution is 5.69. The summed E-state index contributed by atoms with van der Waals surface area (Å²) in [5.74, 6) is 1.53. The molecule has 1 unspecified atom stereocenters. The van der Waals surface area contributed by atoms with Gasteiger partial charge in [0.1, 0.15) is 0 Å². The quantitative estimate of drug-likeness (QED) is 0.149. The molecule has 0 heterocycles. The van der Waals surface area contributed by atoms with Gasteiger partial charge in [-0.3, -0.25) is 9.59 Å². The molecule has 0 aromatic rings. The van der Waals surface area contributed by atoms with E-state index in [-0.39, 0.29) is 11.9 Å². The summed E-state index contributed by atoms with van der Waals surface area (Å²) in [7, 11) is 0. The van der Waals surface area contributed by atoms with Crippen LogP contribution in [0.15, 0.2) is 0 Å². The Balaban J connectivity index is 3.35. The van der Waals surface area contributed by atoms with Crippen LogP contribution in [0.1, 0.15) is 125 Å². The maximum Gasteiger partial charge on any atom is 0.306 e.